The molecule has 0 heterocycles. The highest BCUT2D eigenvalue weighted by Crippen LogP contribution is 2.26. The lowest BCUT2D eigenvalue weighted by molar-refractivity contribution is 0.103. The Balaban J connectivity index is 0.000000540. The molecule has 3 heteroatoms. The molecule has 1 rings (SSSR count). The summed E-state index contributed by atoms with van der Waals surface area (Å²) >= 11 is 0. The first-order valence-electron chi connectivity index (χ1n) is 9.77. The molecule has 156 valence electrons. The Morgan fingerprint density at radius 2 is 1.82 bits per heavy atom. The average Bonchev–Trinajstić information content (AvgIpc) is 2.63. The van der Waals surface area contributed by atoms with E-state index in [9.17, 15) is 10.2 Å². The smallest absolute Gasteiger partial charge is 0.160 e. The molecule has 0 fully saturated rings. The average molecular weight is 387 g/mol. The summed E-state index contributed by atoms with van der Waals surface area (Å²) in [7, 11) is 1.53. The van der Waals surface area contributed by atoms with Crippen molar-refractivity contribution in [2.45, 2.75) is 65.4 Å². The zero-order valence-electron chi connectivity index (χ0n) is 18.3. The fourth-order valence-electron chi connectivity index (χ4n) is 2.42. The summed E-state index contributed by atoms with van der Waals surface area (Å²) in [6.07, 6.45) is 12.6. The SMILES string of the molecule is C=CC(C)(O)CC/C=C(\C)CCC=C(C)C.C=CCc1ccc(O)c(OC)c1. The molecule has 0 amide bonds. The second kappa shape index (κ2) is 13.8. The highest BCUT2D eigenvalue weighted by atomic mass is 16.5. The van der Waals surface area contributed by atoms with Gasteiger partial charge >= 0.3 is 0 Å². The van der Waals surface area contributed by atoms with Crippen LogP contribution in [0.2, 0.25) is 0 Å². The first-order chi connectivity index (χ1) is 13.1. The molecular formula is C25H38O3. The third-order valence-corrected chi connectivity index (χ3v) is 4.30. The molecule has 0 saturated heterocycles. The second-order valence-electron chi connectivity index (χ2n) is 7.47. The quantitative estimate of drug-likeness (QED) is 0.450. The van der Waals surface area contributed by atoms with E-state index in [-0.39, 0.29) is 5.75 Å². The van der Waals surface area contributed by atoms with E-state index in [1.54, 1.807) is 25.1 Å². The van der Waals surface area contributed by atoms with Crippen LogP contribution in [0.15, 0.2) is 66.8 Å². The van der Waals surface area contributed by atoms with Gasteiger partial charge in [0.25, 0.3) is 0 Å². The number of ether oxygens (including phenoxy) is 1. The summed E-state index contributed by atoms with van der Waals surface area (Å²) in [5, 5.41) is 19.0. The van der Waals surface area contributed by atoms with Gasteiger partial charge in [0, 0.05) is 0 Å². The fourth-order valence-corrected chi connectivity index (χ4v) is 2.42. The van der Waals surface area contributed by atoms with Gasteiger partial charge in [0.1, 0.15) is 0 Å². The number of hydrogen-bond acceptors (Lipinski definition) is 3. The van der Waals surface area contributed by atoms with E-state index in [1.165, 1.54) is 18.3 Å². The Bertz CT molecular complexity index is 662. The molecule has 2 N–H and O–H groups in total. The first kappa shape index (κ1) is 25.7. The number of hydrogen-bond donors (Lipinski definition) is 2. The molecule has 28 heavy (non-hydrogen) atoms. The van der Waals surface area contributed by atoms with Crippen molar-refractivity contribution in [3.63, 3.8) is 0 Å². The number of aromatic hydroxyl groups is 1. The number of phenols is 1. The monoisotopic (exact) mass is 386 g/mol. The summed E-state index contributed by atoms with van der Waals surface area (Å²) in [6, 6.07) is 5.27. The molecule has 1 unspecified atom stereocenters. The van der Waals surface area contributed by atoms with E-state index in [4.69, 9.17) is 4.74 Å². The number of allylic oxidation sites excluding steroid dienone is 5. The van der Waals surface area contributed by atoms with E-state index in [0.717, 1.165) is 37.7 Å². The Hall–Kier alpha value is -2.26. The molecule has 1 aromatic carbocycles. The number of rotatable bonds is 10. The maximum Gasteiger partial charge on any atom is 0.160 e. The summed E-state index contributed by atoms with van der Waals surface area (Å²) in [5.41, 5.74) is 3.14. The van der Waals surface area contributed by atoms with Gasteiger partial charge in [-0.25, -0.2) is 0 Å². The summed E-state index contributed by atoms with van der Waals surface area (Å²) in [6.45, 7) is 15.5. The Labute approximate surface area is 171 Å². The molecule has 0 bridgehead atoms. The van der Waals surface area contributed by atoms with Crippen LogP contribution in [0.5, 0.6) is 11.5 Å². The van der Waals surface area contributed by atoms with Crippen molar-refractivity contribution in [3.05, 3.63) is 72.4 Å². The van der Waals surface area contributed by atoms with Gasteiger partial charge in [-0.1, -0.05) is 41.5 Å². The predicted octanol–water partition coefficient (Wildman–Crippen LogP) is 6.53. The van der Waals surface area contributed by atoms with E-state index in [0.29, 0.717) is 5.75 Å². The molecule has 1 aromatic rings. The topological polar surface area (TPSA) is 49.7 Å². The molecular weight excluding hydrogens is 348 g/mol. The standard InChI is InChI=1S/C15H26O.C10H12O2/c1-6-15(5,16)12-8-11-14(4)10-7-9-13(2)3;1-3-4-8-5-6-9(11)10(7-8)12-2/h6,9,11,16H,1,7-8,10,12H2,2-5H3;3,5-7,11H,1,4H2,2H3/b14-11+;. The van der Waals surface area contributed by atoms with Crippen molar-refractivity contribution in [2.24, 2.45) is 0 Å². The predicted molar refractivity (Wildman–Crippen MR) is 121 cm³/mol. The molecule has 3 nitrogen and oxygen atoms in total. The zero-order chi connectivity index (χ0) is 21.6. The van der Waals surface area contributed by atoms with E-state index in [1.807, 2.05) is 12.1 Å². The van der Waals surface area contributed by atoms with Crippen LogP contribution in [-0.2, 0) is 6.42 Å². The number of benzene rings is 1. The van der Waals surface area contributed by atoms with Gasteiger partial charge in [-0.05, 0) is 77.5 Å². The van der Waals surface area contributed by atoms with Crippen LogP contribution in [-0.4, -0.2) is 22.9 Å². The van der Waals surface area contributed by atoms with E-state index in [2.05, 4.69) is 46.1 Å². The lowest BCUT2D eigenvalue weighted by Crippen LogP contribution is -2.19. The minimum absolute atomic E-state index is 0.172. The third kappa shape index (κ3) is 12.2. The van der Waals surface area contributed by atoms with E-state index >= 15 is 0 Å². The molecule has 0 aliphatic heterocycles. The first-order valence-corrected chi connectivity index (χ1v) is 9.77. The highest BCUT2D eigenvalue weighted by Gasteiger charge is 2.13. The van der Waals surface area contributed by atoms with Crippen LogP contribution in [0.4, 0.5) is 0 Å². The number of aliphatic hydroxyl groups is 1. The van der Waals surface area contributed by atoms with Crippen LogP contribution in [0.3, 0.4) is 0 Å². The maximum absolute atomic E-state index is 9.73. The minimum atomic E-state index is -0.726. The third-order valence-electron chi connectivity index (χ3n) is 4.30. The van der Waals surface area contributed by atoms with Crippen LogP contribution in [0.25, 0.3) is 0 Å². The largest absolute Gasteiger partial charge is 0.504 e. The Morgan fingerprint density at radius 1 is 1.14 bits per heavy atom. The van der Waals surface area contributed by atoms with Gasteiger partial charge < -0.3 is 14.9 Å². The molecule has 0 saturated carbocycles. The summed E-state index contributed by atoms with van der Waals surface area (Å²) in [5.74, 6) is 0.680. The van der Waals surface area contributed by atoms with Gasteiger partial charge in [-0.3, -0.25) is 0 Å². The number of phenolic OH excluding ortho intramolecular Hbond substituents is 1. The zero-order valence-corrected chi connectivity index (χ0v) is 18.3. The Morgan fingerprint density at radius 3 is 2.36 bits per heavy atom. The van der Waals surface area contributed by atoms with Crippen molar-refractivity contribution >= 4 is 0 Å². The van der Waals surface area contributed by atoms with Gasteiger partial charge in [0.05, 0.1) is 12.7 Å². The van der Waals surface area contributed by atoms with Crippen LogP contribution in [0.1, 0.15) is 58.9 Å². The molecule has 0 spiro atoms. The maximum atomic E-state index is 9.73. The lowest BCUT2D eigenvalue weighted by atomic mass is 9.99. The van der Waals surface area contributed by atoms with Gasteiger partial charge in [-0.2, -0.15) is 0 Å². The second-order valence-corrected chi connectivity index (χ2v) is 7.47. The lowest BCUT2D eigenvalue weighted by Gasteiger charge is -2.16. The molecule has 1 atom stereocenters. The van der Waals surface area contributed by atoms with Gasteiger partial charge in [0.15, 0.2) is 11.5 Å². The van der Waals surface area contributed by atoms with Crippen LogP contribution < -0.4 is 4.74 Å². The van der Waals surface area contributed by atoms with Crippen LogP contribution >= 0.6 is 0 Å². The summed E-state index contributed by atoms with van der Waals surface area (Å²) < 4.78 is 4.95. The number of methoxy groups -OCH3 is 1. The van der Waals surface area contributed by atoms with Crippen molar-refractivity contribution in [3.8, 4) is 11.5 Å². The van der Waals surface area contributed by atoms with Crippen LogP contribution in [0, 0.1) is 0 Å². The molecule has 0 aliphatic rings. The molecule has 0 radical (unpaired) electrons. The van der Waals surface area contributed by atoms with Crippen molar-refractivity contribution in [1.29, 1.82) is 0 Å². The summed E-state index contributed by atoms with van der Waals surface area (Å²) in [4.78, 5) is 0. The van der Waals surface area contributed by atoms with Gasteiger partial charge in [0.2, 0.25) is 0 Å². The van der Waals surface area contributed by atoms with Crippen molar-refractivity contribution in [1.82, 2.24) is 0 Å². The highest BCUT2D eigenvalue weighted by molar-refractivity contribution is 5.42. The normalized spacial score (nSPS) is 12.9. The molecule has 0 aliphatic carbocycles. The van der Waals surface area contributed by atoms with Crippen molar-refractivity contribution in [2.75, 3.05) is 7.11 Å². The van der Waals surface area contributed by atoms with Gasteiger partial charge in [-0.15, -0.1) is 13.2 Å². The Kier molecular flexibility index (Phi) is 12.7. The van der Waals surface area contributed by atoms with E-state index < -0.39 is 5.60 Å². The van der Waals surface area contributed by atoms with Crippen molar-refractivity contribution < 1.29 is 14.9 Å². The fraction of sp³-hybridized carbons (Fsp3) is 0.440. The molecule has 0 aromatic heterocycles. The minimum Gasteiger partial charge on any atom is -0.504 e.